The van der Waals surface area contributed by atoms with Crippen molar-refractivity contribution >= 4 is 50.7 Å². The third-order valence-corrected chi connectivity index (χ3v) is 9.81. The minimum absolute atomic E-state index is 0.0409. The van der Waals surface area contributed by atoms with E-state index < -0.39 is 28.5 Å². The maximum Gasteiger partial charge on any atom is 0.264 e. The number of halogens is 2. The molecule has 1 atom stereocenters. The van der Waals surface area contributed by atoms with E-state index in [-0.39, 0.29) is 23.8 Å². The zero-order chi connectivity index (χ0) is 32.6. The summed E-state index contributed by atoms with van der Waals surface area (Å²) >= 11 is 13.1. The topological polar surface area (TPSA) is 86.8 Å². The second kappa shape index (κ2) is 15.4. The Kier molecular flexibility index (Phi) is 11.7. The number of hydrogen-bond acceptors (Lipinski definition) is 4. The summed E-state index contributed by atoms with van der Waals surface area (Å²) in [5.41, 5.74) is 3.31. The molecular weight excluding hydrogens is 629 g/mol. The van der Waals surface area contributed by atoms with Crippen LogP contribution in [0, 0.1) is 13.8 Å². The molecule has 4 rings (SSSR count). The zero-order valence-electron chi connectivity index (χ0n) is 25.5. The van der Waals surface area contributed by atoms with Crippen LogP contribution in [0.25, 0.3) is 0 Å². The Morgan fingerprint density at radius 3 is 1.98 bits per heavy atom. The molecule has 0 aliphatic carbocycles. The number of benzene rings is 4. The first kappa shape index (κ1) is 34.0. The van der Waals surface area contributed by atoms with Gasteiger partial charge in [0.2, 0.25) is 11.8 Å². The summed E-state index contributed by atoms with van der Waals surface area (Å²) in [6.45, 7) is 5.41. The summed E-state index contributed by atoms with van der Waals surface area (Å²) < 4.78 is 29.4. The molecule has 0 radical (unpaired) electrons. The van der Waals surface area contributed by atoms with Crippen molar-refractivity contribution in [3.63, 3.8) is 0 Å². The minimum Gasteiger partial charge on any atom is -0.354 e. The monoisotopic (exact) mass is 665 g/mol. The lowest BCUT2D eigenvalue weighted by atomic mass is 10.0. The molecule has 10 heteroatoms. The first-order chi connectivity index (χ1) is 21.5. The van der Waals surface area contributed by atoms with E-state index in [0.29, 0.717) is 34.3 Å². The van der Waals surface area contributed by atoms with Gasteiger partial charge in [-0.2, -0.15) is 0 Å². The number of amides is 2. The van der Waals surface area contributed by atoms with Crippen LogP contribution >= 0.6 is 23.2 Å². The molecular formula is C35H37Cl2N3O4S. The van der Waals surface area contributed by atoms with Crippen molar-refractivity contribution in [3.05, 3.63) is 129 Å². The van der Waals surface area contributed by atoms with Crippen LogP contribution in [0.15, 0.2) is 102 Å². The van der Waals surface area contributed by atoms with E-state index in [9.17, 15) is 18.0 Å². The van der Waals surface area contributed by atoms with Crippen molar-refractivity contribution in [1.82, 2.24) is 10.2 Å². The predicted octanol–water partition coefficient (Wildman–Crippen LogP) is 6.97. The predicted molar refractivity (Wildman–Crippen MR) is 181 cm³/mol. The molecule has 0 unspecified atom stereocenters. The van der Waals surface area contributed by atoms with Crippen LogP contribution in [0.3, 0.4) is 0 Å². The van der Waals surface area contributed by atoms with Gasteiger partial charge in [0.15, 0.2) is 0 Å². The SMILES string of the molecule is CCCNC(=O)[C@@H](Cc1ccccc1)N(Cc1c(Cl)cccc1Cl)C(=O)CN(c1cc(C)cc(C)c1)S(=O)(=O)c1ccccc1. The number of hydrogen-bond donors (Lipinski definition) is 1. The molecule has 1 N–H and O–H groups in total. The van der Waals surface area contributed by atoms with Crippen molar-refractivity contribution in [2.45, 2.75) is 51.1 Å². The molecule has 0 spiro atoms. The van der Waals surface area contributed by atoms with Crippen LogP contribution in [-0.4, -0.2) is 44.3 Å². The Bertz CT molecular complexity index is 1690. The van der Waals surface area contributed by atoms with Gasteiger partial charge in [0.25, 0.3) is 10.0 Å². The summed E-state index contributed by atoms with van der Waals surface area (Å²) in [5, 5.41) is 3.59. The standard InChI is InChI=1S/C35H37Cl2N3O4S/c1-4-18-38-35(42)33(22-27-12-7-5-8-13-27)39(23-30-31(36)16-11-17-32(30)37)34(41)24-40(28-20-25(2)19-26(3)21-28)45(43,44)29-14-9-6-10-15-29/h5-17,19-21,33H,4,18,22-24H2,1-3H3,(H,38,42)/t33-/m1/s1. The van der Waals surface area contributed by atoms with E-state index in [1.807, 2.05) is 57.2 Å². The third-order valence-electron chi connectivity index (χ3n) is 7.31. The molecule has 4 aromatic rings. The average Bonchev–Trinajstić information content (AvgIpc) is 3.01. The first-order valence-electron chi connectivity index (χ1n) is 14.7. The van der Waals surface area contributed by atoms with E-state index in [2.05, 4.69) is 5.32 Å². The van der Waals surface area contributed by atoms with Gasteiger partial charge in [-0.3, -0.25) is 13.9 Å². The third kappa shape index (κ3) is 8.66. The van der Waals surface area contributed by atoms with Crippen LogP contribution in [0.1, 0.15) is 35.6 Å². The normalized spacial score (nSPS) is 11.9. The first-order valence-corrected chi connectivity index (χ1v) is 16.9. The lowest BCUT2D eigenvalue weighted by Crippen LogP contribution is -2.53. The molecule has 0 saturated carbocycles. The maximum absolute atomic E-state index is 14.6. The Morgan fingerprint density at radius 1 is 0.822 bits per heavy atom. The Morgan fingerprint density at radius 2 is 1.40 bits per heavy atom. The highest BCUT2D eigenvalue weighted by molar-refractivity contribution is 7.92. The molecule has 4 aromatic carbocycles. The number of nitrogens with one attached hydrogen (secondary N) is 1. The molecule has 0 fully saturated rings. The van der Waals surface area contributed by atoms with Crippen LogP contribution in [0.5, 0.6) is 0 Å². The molecule has 236 valence electrons. The summed E-state index contributed by atoms with van der Waals surface area (Å²) in [6, 6.07) is 26.8. The lowest BCUT2D eigenvalue weighted by Gasteiger charge is -2.34. The smallest absolute Gasteiger partial charge is 0.264 e. The molecule has 0 aromatic heterocycles. The van der Waals surface area contributed by atoms with Crippen molar-refractivity contribution in [3.8, 4) is 0 Å². The largest absolute Gasteiger partial charge is 0.354 e. The molecule has 45 heavy (non-hydrogen) atoms. The maximum atomic E-state index is 14.6. The summed E-state index contributed by atoms with van der Waals surface area (Å²) in [5.74, 6) is -0.946. The minimum atomic E-state index is -4.19. The molecule has 0 aliphatic rings. The van der Waals surface area contributed by atoms with Crippen molar-refractivity contribution in [1.29, 1.82) is 0 Å². The second-order valence-corrected chi connectivity index (χ2v) is 13.6. The molecule has 0 aliphatic heterocycles. The number of carbonyl (C=O) groups excluding carboxylic acids is 2. The fraction of sp³-hybridized carbons (Fsp3) is 0.257. The van der Waals surface area contributed by atoms with Gasteiger partial charge in [0.1, 0.15) is 12.6 Å². The molecule has 0 saturated heterocycles. The number of anilines is 1. The van der Waals surface area contributed by atoms with Gasteiger partial charge in [-0.05, 0) is 73.4 Å². The molecule has 0 heterocycles. The Labute approximate surface area is 275 Å². The van der Waals surface area contributed by atoms with Crippen molar-refractivity contribution in [2.24, 2.45) is 0 Å². The second-order valence-electron chi connectivity index (χ2n) is 10.9. The molecule has 7 nitrogen and oxygen atoms in total. The van der Waals surface area contributed by atoms with Crippen LogP contribution in [0.2, 0.25) is 10.0 Å². The summed E-state index contributed by atoms with van der Waals surface area (Å²) in [7, 11) is -4.19. The number of aryl methyl sites for hydroxylation is 2. The van der Waals surface area contributed by atoms with Gasteiger partial charge in [0.05, 0.1) is 10.6 Å². The van der Waals surface area contributed by atoms with E-state index in [1.165, 1.54) is 17.0 Å². The van der Waals surface area contributed by atoms with Gasteiger partial charge in [0, 0.05) is 35.1 Å². The number of nitrogens with zero attached hydrogens (tertiary/aromatic N) is 2. The highest BCUT2D eigenvalue weighted by Gasteiger charge is 2.35. The molecule has 0 bridgehead atoms. The number of rotatable bonds is 13. The lowest BCUT2D eigenvalue weighted by molar-refractivity contribution is -0.140. The quantitative estimate of drug-likeness (QED) is 0.167. The van der Waals surface area contributed by atoms with Gasteiger partial charge >= 0.3 is 0 Å². The fourth-order valence-electron chi connectivity index (χ4n) is 5.12. The van der Waals surface area contributed by atoms with Gasteiger partial charge in [-0.25, -0.2) is 8.42 Å². The van der Waals surface area contributed by atoms with Gasteiger partial charge < -0.3 is 10.2 Å². The van der Waals surface area contributed by atoms with Crippen molar-refractivity contribution < 1.29 is 18.0 Å². The fourth-order valence-corrected chi connectivity index (χ4v) is 7.05. The zero-order valence-corrected chi connectivity index (χ0v) is 27.9. The Balaban J connectivity index is 1.85. The van der Waals surface area contributed by atoms with E-state index in [4.69, 9.17) is 23.2 Å². The average molecular weight is 667 g/mol. The van der Waals surface area contributed by atoms with E-state index >= 15 is 0 Å². The summed E-state index contributed by atoms with van der Waals surface area (Å²) in [6.07, 6.45) is 0.892. The van der Waals surface area contributed by atoms with Crippen molar-refractivity contribution in [2.75, 3.05) is 17.4 Å². The van der Waals surface area contributed by atoms with E-state index in [1.54, 1.807) is 48.5 Å². The number of sulfonamides is 1. The number of carbonyl (C=O) groups is 2. The highest BCUT2D eigenvalue weighted by atomic mass is 35.5. The van der Waals surface area contributed by atoms with Gasteiger partial charge in [-0.1, -0.05) is 90.8 Å². The summed E-state index contributed by atoms with van der Waals surface area (Å²) in [4.78, 5) is 29.8. The van der Waals surface area contributed by atoms with Crippen LogP contribution in [-0.2, 0) is 32.6 Å². The Hall–Kier alpha value is -3.85. The van der Waals surface area contributed by atoms with Crippen LogP contribution in [0.4, 0.5) is 5.69 Å². The van der Waals surface area contributed by atoms with Gasteiger partial charge in [-0.15, -0.1) is 0 Å². The van der Waals surface area contributed by atoms with E-state index in [0.717, 1.165) is 21.0 Å². The highest BCUT2D eigenvalue weighted by Crippen LogP contribution is 2.29. The molecule has 2 amide bonds. The van der Waals surface area contributed by atoms with Crippen LogP contribution < -0.4 is 9.62 Å².